The fraction of sp³-hybridized carbons (Fsp3) is 0.364. The van der Waals surface area contributed by atoms with Gasteiger partial charge in [0.15, 0.2) is 0 Å². The summed E-state index contributed by atoms with van der Waals surface area (Å²) in [5.41, 5.74) is -1.52. The van der Waals surface area contributed by atoms with Gasteiger partial charge in [-0.2, -0.15) is 13.2 Å². The molecule has 0 bridgehead atoms. The largest absolute Gasteiger partial charge is 0.417 e. The molecule has 1 saturated heterocycles. The van der Waals surface area contributed by atoms with Crippen molar-refractivity contribution in [1.82, 2.24) is 4.90 Å². The second kappa shape index (κ2) is 9.06. The highest BCUT2D eigenvalue weighted by molar-refractivity contribution is 6.31. The Hall–Kier alpha value is -1.93. The van der Waals surface area contributed by atoms with Gasteiger partial charge in [-0.15, -0.1) is 0 Å². The molecule has 1 fully saturated rings. The molecule has 2 N–H and O–H groups in total. The third-order valence-corrected chi connectivity index (χ3v) is 5.72. The van der Waals surface area contributed by atoms with Crippen LogP contribution < -0.4 is 0 Å². The van der Waals surface area contributed by atoms with E-state index >= 15 is 0 Å². The lowest BCUT2D eigenvalue weighted by molar-refractivity contribution is -0.137. The first-order valence-electron chi connectivity index (χ1n) is 9.51. The molecule has 1 heterocycles. The maximum absolute atomic E-state index is 13.1. The van der Waals surface area contributed by atoms with E-state index < -0.39 is 28.5 Å². The summed E-state index contributed by atoms with van der Waals surface area (Å²) in [5.74, 6) is -0.376. The summed E-state index contributed by atoms with van der Waals surface area (Å²) < 4.78 is 52.3. The minimum Gasteiger partial charge on any atom is -0.385 e. The van der Waals surface area contributed by atoms with E-state index in [1.54, 1.807) is 12.2 Å². The Bertz CT molecular complexity index is 891. The zero-order valence-electron chi connectivity index (χ0n) is 16.0. The smallest absolute Gasteiger partial charge is 0.385 e. The number of alkyl halides is 3. The zero-order chi connectivity index (χ0) is 21.9. The van der Waals surface area contributed by atoms with Crippen molar-refractivity contribution in [1.29, 1.82) is 0 Å². The number of hydrogen-bond acceptors (Lipinski definition) is 3. The van der Waals surface area contributed by atoms with Crippen LogP contribution in [0.1, 0.15) is 35.6 Å². The maximum atomic E-state index is 13.1. The second-order valence-electron chi connectivity index (χ2n) is 7.45. The van der Waals surface area contributed by atoms with Crippen LogP contribution in [0.25, 0.3) is 0 Å². The average molecular weight is 444 g/mol. The molecule has 30 heavy (non-hydrogen) atoms. The summed E-state index contributed by atoms with van der Waals surface area (Å²) in [4.78, 5) is 2.03. The molecule has 8 heteroatoms. The van der Waals surface area contributed by atoms with E-state index in [-0.39, 0.29) is 24.2 Å². The zero-order valence-corrected chi connectivity index (χ0v) is 16.8. The Morgan fingerprint density at radius 2 is 1.73 bits per heavy atom. The molecule has 1 aliphatic heterocycles. The van der Waals surface area contributed by atoms with Gasteiger partial charge in [0.05, 0.1) is 22.3 Å². The van der Waals surface area contributed by atoms with E-state index in [2.05, 4.69) is 0 Å². The molecule has 0 aromatic heterocycles. The first-order chi connectivity index (χ1) is 14.1. The molecule has 0 aliphatic carbocycles. The van der Waals surface area contributed by atoms with Gasteiger partial charge in [0, 0.05) is 19.6 Å². The Morgan fingerprint density at radius 3 is 2.33 bits per heavy atom. The van der Waals surface area contributed by atoms with Gasteiger partial charge in [0.1, 0.15) is 5.82 Å². The number of piperidine rings is 1. The molecule has 0 saturated carbocycles. The van der Waals surface area contributed by atoms with Gasteiger partial charge in [0.25, 0.3) is 0 Å². The summed E-state index contributed by atoms with van der Waals surface area (Å²) in [7, 11) is 0. The fourth-order valence-electron chi connectivity index (χ4n) is 3.54. The summed E-state index contributed by atoms with van der Waals surface area (Å²) in [6.07, 6.45) is -1.51. The van der Waals surface area contributed by atoms with Gasteiger partial charge in [0.2, 0.25) is 0 Å². The third kappa shape index (κ3) is 5.40. The Balaban J connectivity index is 1.58. The van der Waals surface area contributed by atoms with Crippen molar-refractivity contribution in [3.63, 3.8) is 0 Å². The van der Waals surface area contributed by atoms with Crippen molar-refractivity contribution in [2.75, 3.05) is 19.6 Å². The lowest BCUT2D eigenvalue weighted by Gasteiger charge is -2.38. The Labute approximate surface area is 177 Å². The molecule has 0 amide bonds. The lowest BCUT2D eigenvalue weighted by Crippen LogP contribution is -2.42. The Morgan fingerprint density at radius 1 is 1.10 bits per heavy atom. The predicted molar refractivity (Wildman–Crippen MR) is 107 cm³/mol. The second-order valence-corrected chi connectivity index (χ2v) is 7.86. The van der Waals surface area contributed by atoms with Crippen molar-refractivity contribution < 1.29 is 27.8 Å². The number of likely N-dealkylation sites (tertiary alicyclic amines) is 1. The molecule has 0 spiro atoms. The van der Waals surface area contributed by atoms with Crippen molar-refractivity contribution in [2.45, 2.75) is 30.7 Å². The lowest BCUT2D eigenvalue weighted by atomic mass is 9.83. The molecular weight excluding hydrogens is 422 g/mol. The number of rotatable bonds is 5. The SMILES string of the molecule is OC(/C=C/CN1CCC(O)(c2ccc(Cl)c(C(F)(F)F)c2)CC1)c1ccc(F)cc1. The highest BCUT2D eigenvalue weighted by Gasteiger charge is 2.38. The van der Waals surface area contributed by atoms with E-state index in [0.29, 0.717) is 25.2 Å². The predicted octanol–water partition coefficient (Wildman–Crippen LogP) is 5.07. The molecule has 2 aromatic carbocycles. The van der Waals surface area contributed by atoms with E-state index in [0.717, 1.165) is 6.07 Å². The van der Waals surface area contributed by atoms with Gasteiger partial charge >= 0.3 is 6.18 Å². The summed E-state index contributed by atoms with van der Waals surface area (Å²) in [5, 5.41) is 20.6. The van der Waals surface area contributed by atoms with Gasteiger partial charge in [-0.25, -0.2) is 4.39 Å². The van der Waals surface area contributed by atoms with Crippen LogP contribution in [0.3, 0.4) is 0 Å². The molecule has 1 aliphatic rings. The topological polar surface area (TPSA) is 43.7 Å². The monoisotopic (exact) mass is 443 g/mol. The van der Waals surface area contributed by atoms with Crippen LogP contribution in [0.15, 0.2) is 54.6 Å². The number of halogens is 5. The van der Waals surface area contributed by atoms with E-state index in [9.17, 15) is 27.8 Å². The molecule has 0 radical (unpaired) electrons. The summed E-state index contributed by atoms with van der Waals surface area (Å²) >= 11 is 5.67. The molecule has 1 unspecified atom stereocenters. The summed E-state index contributed by atoms with van der Waals surface area (Å²) in [6, 6.07) is 9.10. The first kappa shape index (κ1) is 22.7. The van der Waals surface area contributed by atoms with Gasteiger partial charge in [-0.05, 0) is 48.2 Å². The molecule has 162 valence electrons. The fourth-order valence-corrected chi connectivity index (χ4v) is 3.76. The standard InChI is InChI=1S/C22H22ClF4NO2/c23-19-8-5-16(14-18(19)22(25,26)27)21(30)9-12-28(13-10-21)11-1-2-20(29)15-3-6-17(24)7-4-15/h1-8,14,20,29-30H,9-13H2/b2-1+. The van der Waals surface area contributed by atoms with E-state index in [1.165, 1.54) is 36.4 Å². The normalized spacial score (nSPS) is 18.6. The number of nitrogens with zero attached hydrogens (tertiary/aromatic N) is 1. The molecule has 1 atom stereocenters. The highest BCUT2D eigenvalue weighted by Crippen LogP contribution is 2.39. The minimum atomic E-state index is -4.58. The quantitative estimate of drug-likeness (QED) is 0.501. The van der Waals surface area contributed by atoms with Crippen LogP contribution in [-0.4, -0.2) is 34.7 Å². The van der Waals surface area contributed by atoms with E-state index in [1.807, 2.05) is 4.90 Å². The minimum absolute atomic E-state index is 0.209. The van der Waals surface area contributed by atoms with Gasteiger partial charge in [-0.3, -0.25) is 4.90 Å². The maximum Gasteiger partial charge on any atom is 0.417 e. The van der Waals surface area contributed by atoms with Crippen LogP contribution in [0.4, 0.5) is 17.6 Å². The number of benzene rings is 2. The highest BCUT2D eigenvalue weighted by atomic mass is 35.5. The van der Waals surface area contributed by atoms with Crippen molar-refractivity contribution in [2.24, 2.45) is 0 Å². The van der Waals surface area contributed by atoms with Crippen LogP contribution in [-0.2, 0) is 11.8 Å². The third-order valence-electron chi connectivity index (χ3n) is 5.39. The number of aliphatic hydroxyl groups excluding tert-OH is 1. The molecule has 3 nitrogen and oxygen atoms in total. The van der Waals surface area contributed by atoms with Crippen LogP contribution in [0.2, 0.25) is 5.02 Å². The van der Waals surface area contributed by atoms with Gasteiger partial charge < -0.3 is 10.2 Å². The van der Waals surface area contributed by atoms with Crippen LogP contribution in [0.5, 0.6) is 0 Å². The first-order valence-corrected chi connectivity index (χ1v) is 9.88. The Kier molecular flexibility index (Phi) is 6.87. The van der Waals surface area contributed by atoms with Gasteiger partial charge in [-0.1, -0.05) is 42.0 Å². The molecular formula is C22H22ClF4NO2. The average Bonchev–Trinajstić information content (AvgIpc) is 2.69. The van der Waals surface area contributed by atoms with E-state index in [4.69, 9.17) is 11.6 Å². The number of aliphatic hydroxyl groups is 2. The van der Waals surface area contributed by atoms with Crippen LogP contribution in [0, 0.1) is 5.82 Å². The molecule has 2 aromatic rings. The number of hydrogen-bond donors (Lipinski definition) is 2. The molecule has 3 rings (SSSR count). The van der Waals surface area contributed by atoms with Crippen LogP contribution >= 0.6 is 11.6 Å². The van der Waals surface area contributed by atoms with Crippen molar-refractivity contribution in [3.05, 3.63) is 82.1 Å². The van der Waals surface area contributed by atoms with Crippen molar-refractivity contribution >= 4 is 11.6 Å². The summed E-state index contributed by atoms with van der Waals surface area (Å²) in [6.45, 7) is 1.48. The van der Waals surface area contributed by atoms with Crippen molar-refractivity contribution in [3.8, 4) is 0 Å².